The fourth-order valence-electron chi connectivity index (χ4n) is 2.98. The smallest absolute Gasteiger partial charge is 0.191 e. The number of nitrogens with zero attached hydrogens (tertiary/aromatic N) is 2. The van der Waals surface area contributed by atoms with E-state index in [-0.39, 0.29) is 24.0 Å². The molecule has 6 nitrogen and oxygen atoms in total. The number of hydrogen-bond acceptors (Lipinski definition) is 4. The summed E-state index contributed by atoms with van der Waals surface area (Å²) in [5.41, 5.74) is 0.972. The largest absolute Gasteiger partial charge is 0.376 e. The number of nitrogens with one attached hydrogen (secondary N) is 2. The second-order valence-corrected chi connectivity index (χ2v) is 6.98. The first-order valence-electron chi connectivity index (χ1n) is 9.78. The standard InChI is InChI=1S/C19H34N4O2.HI/c1-4-20-19(22-14-17-13-18(15(2)3)23-25-17)21-11-12-24-16-9-7-5-6-8-10-16;/h13,15-16H,4-12,14H2,1-3H3,(H2,20,21,22);1H. The minimum atomic E-state index is 0. The predicted octanol–water partition coefficient (Wildman–Crippen LogP) is 4.21. The fourth-order valence-corrected chi connectivity index (χ4v) is 2.98. The highest BCUT2D eigenvalue weighted by atomic mass is 127. The quantitative estimate of drug-likeness (QED) is 0.193. The summed E-state index contributed by atoms with van der Waals surface area (Å²) in [6.45, 7) is 9.05. The molecule has 26 heavy (non-hydrogen) atoms. The van der Waals surface area contributed by atoms with Gasteiger partial charge in [-0.05, 0) is 25.7 Å². The zero-order valence-corrected chi connectivity index (χ0v) is 18.8. The average molecular weight is 478 g/mol. The van der Waals surface area contributed by atoms with Crippen LogP contribution in [0.5, 0.6) is 0 Å². The van der Waals surface area contributed by atoms with E-state index in [1.807, 2.05) is 6.07 Å². The second kappa shape index (κ2) is 13.4. The van der Waals surface area contributed by atoms with E-state index in [1.54, 1.807) is 0 Å². The number of halogens is 1. The van der Waals surface area contributed by atoms with E-state index >= 15 is 0 Å². The molecule has 0 saturated heterocycles. The minimum Gasteiger partial charge on any atom is -0.376 e. The molecule has 0 bridgehead atoms. The van der Waals surface area contributed by atoms with Gasteiger partial charge in [0.1, 0.15) is 6.54 Å². The van der Waals surface area contributed by atoms with Gasteiger partial charge in [0, 0.05) is 19.2 Å². The van der Waals surface area contributed by atoms with Gasteiger partial charge in [-0.1, -0.05) is 44.7 Å². The van der Waals surface area contributed by atoms with Crippen LogP contribution >= 0.6 is 24.0 Å². The van der Waals surface area contributed by atoms with Crippen LogP contribution in [0.2, 0.25) is 0 Å². The maximum atomic E-state index is 6.01. The van der Waals surface area contributed by atoms with Gasteiger partial charge in [-0.25, -0.2) is 4.99 Å². The molecule has 150 valence electrons. The first-order chi connectivity index (χ1) is 12.2. The lowest BCUT2D eigenvalue weighted by atomic mass is 10.1. The Labute approximate surface area is 174 Å². The third kappa shape index (κ3) is 8.70. The highest BCUT2D eigenvalue weighted by Crippen LogP contribution is 2.19. The summed E-state index contributed by atoms with van der Waals surface area (Å²) in [6.07, 6.45) is 8.17. The van der Waals surface area contributed by atoms with Crippen molar-refractivity contribution in [2.75, 3.05) is 19.7 Å². The Hall–Kier alpha value is -0.830. The maximum Gasteiger partial charge on any atom is 0.191 e. The topological polar surface area (TPSA) is 71.7 Å². The number of ether oxygens (including phenoxy) is 1. The van der Waals surface area contributed by atoms with Crippen molar-refractivity contribution in [1.82, 2.24) is 15.8 Å². The van der Waals surface area contributed by atoms with Crippen molar-refractivity contribution >= 4 is 29.9 Å². The van der Waals surface area contributed by atoms with E-state index in [1.165, 1.54) is 38.5 Å². The van der Waals surface area contributed by atoms with Gasteiger partial charge < -0.3 is 19.9 Å². The summed E-state index contributed by atoms with van der Waals surface area (Å²) >= 11 is 0. The minimum absolute atomic E-state index is 0. The molecule has 0 unspecified atom stereocenters. The molecular weight excluding hydrogens is 443 g/mol. The number of hydrogen-bond donors (Lipinski definition) is 2. The summed E-state index contributed by atoms with van der Waals surface area (Å²) in [6, 6.07) is 1.98. The highest BCUT2D eigenvalue weighted by Gasteiger charge is 2.12. The zero-order chi connectivity index (χ0) is 17.9. The van der Waals surface area contributed by atoms with Gasteiger partial charge in [0.15, 0.2) is 11.7 Å². The molecule has 0 atom stereocenters. The molecule has 1 fully saturated rings. The Bertz CT molecular complexity index is 511. The van der Waals surface area contributed by atoms with Gasteiger partial charge >= 0.3 is 0 Å². The van der Waals surface area contributed by atoms with Crippen LogP contribution < -0.4 is 10.6 Å². The van der Waals surface area contributed by atoms with Crippen LogP contribution in [0, 0.1) is 0 Å². The number of guanidine groups is 1. The highest BCUT2D eigenvalue weighted by molar-refractivity contribution is 14.0. The molecule has 1 aromatic rings. The Morgan fingerprint density at radius 3 is 2.62 bits per heavy atom. The molecule has 0 aromatic carbocycles. The lowest BCUT2D eigenvalue weighted by molar-refractivity contribution is 0.0468. The second-order valence-electron chi connectivity index (χ2n) is 6.98. The van der Waals surface area contributed by atoms with Crippen LogP contribution in [0.25, 0.3) is 0 Å². The molecule has 1 aliphatic rings. The van der Waals surface area contributed by atoms with Crippen molar-refractivity contribution in [3.8, 4) is 0 Å². The van der Waals surface area contributed by atoms with Gasteiger partial charge in [-0.15, -0.1) is 24.0 Å². The Morgan fingerprint density at radius 2 is 2.00 bits per heavy atom. The third-order valence-electron chi connectivity index (χ3n) is 4.46. The Kier molecular flexibility index (Phi) is 11.9. The van der Waals surface area contributed by atoms with Gasteiger partial charge in [-0.3, -0.25) is 0 Å². The van der Waals surface area contributed by atoms with Crippen LogP contribution in [-0.4, -0.2) is 36.9 Å². The van der Waals surface area contributed by atoms with E-state index in [4.69, 9.17) is 9.26 Å². The van der Waals surface area contributed by atoms with E-state index < -0.39 is 0 Å². The molecular formula is C19H35IN4O2. The molecule has 1 heterocycles. The summed E-state index contributed by atoms with van der Waals surface area (Å²) in [5, 5.41) is 10.6. The van der Waals surface area contributed by atoms with E-state index in [0.717, 1.165) is 37.1 Å². The molecule has 0 spiro atoms. The SMILES string of the molecule is CCNC(=NCc1cc(C(C)C)no1)NCCOC1CCCCCC1.I. The number of rotatable bonds is 8. The molecule has 0 radical (unpaired) electrons. The molecule has 7 heteroatoms. The average Bonchev–Trinajstić information content (AvgIpc) is 2.93. The van der Waals surface area contributed by atoms with E-state index in [2.05, 4.69) is 41.6 Å². The summed E-state index contributed by atoms with van der Waals surface area (Å²) in [4.78, 5) is 4.56. The van der Waals surface area contributed by atoms with E-state index in [0.29, 0.717) is 18.6 Å². The van der Waals surface area contributed by atoms with Gasteiger partial charge in [-0.2, -0.15) is 0 Å². The number of aliphatic imine (C=N–C) groups is 1. The van der Waals surface area contributed by atoms with Crippen molar-refractivity contribution in [2.24, 2.45) is 4.99 Å². The van der Waals surface area contributed by atoms with E-state index in [9.17, 15) is 0 Å². The molecule has 1 aliphatic carbocycles. The summed E-state index contributed by atoms with van der Waals surface area (Å²) < 4.78 is 11.3. The van der Waals surface area contributed by atoms with Gasteiger partial charge in [0.05, 0.1) is 18.4 Å². The maximum absolute atomic E-state index is 6.01. The van der Waals surface area contributed by atoms with Crippen molar-refractivity contribution in [1.29, 1.82) is 0 Å². The first-order valence-corrected chi connectivity index (χ1v) is 9.78. The molecule has 0 amide bonds. The van der Waals surface area contributed by atoms with Crippen molar-refractivity contribution < 1.29 is 9.26 Å². The van der Waals surface area contributed by atoms with Gasteiger partial charge in [0.25, 0.3) is 0 Å². The van der Waals surface area contributed by atoms with Gasteiger partial charge in [0.2, 0.25) is 0 Å². The Balaban J connectivity index is 0.00000338. The fraction of sp³-hybridized carbons (Fsp3) is 0.789. The van der Waals surface area contributed by atoms with Crippen LogP contribution in [0.4, 0.5) is 0 Å². The monoisotopic (exact) mass is 478 g/mol. The number of aromatic nitrogens is 1. The molecule has 2 N–H and O–H groups in total. The molecule has 2 rings (SSSR count). The van der Waals surface area contributed by atoms with Crippen LogP contribution in [0.3, 0.4) is 0 Å². The van der Waals surface area contributed by atoms with Crippen molar-refractivity contribution in [3.05, 3.63) is 17.5 Å². The third-order valence-corrected chi connectivity index (χ3v) is 4.46. The molecule has 1 aromatic heterocycles. The van der Waals surface area contributed by atoms with Crippen LogP contribution in [0.1, 0.15) is 76.7 Å². The zero-order valence-electron chi connectivity index (χ0n) is 16.4. The lowest BCUT2D eigenvalue weighted by Crippen LogP contribution is -2.39. The van der Waals surface area contributed by atoms with Crippen molar-refractivity contribution in [2.45, 2.75) is 77.9 Å². The summed E-state index contributed by atoms with van der Waals surface area (Å²) in [5.74, 6) is 1.94. The predicted molar refractivity (Wildman–Crippen MR) is 116 cm³/mol. The van der Waals surface area contributed by atoms with Crippen LogP contribution in [0.15, 0.2) is 15.6 Å². The van der Waals surface area contributed by atoms with Crippen molar-refractivity contribution in [3.63, 3.8) is 0 Å². The molecule has 0 aliphatic heterocycles. The molecule has 1 saturated carbocycles. The lowest BCUT2D eigenvalue weighted by Gasteiger charge is -2.16. The van der Waals surface area contributed by atoms with Crippen LogP contribution in [-0.2, 0) is 11.3 Å². The first kappa shape index (κ1) is 23.2. The Morgan fingerprint density at radius 1 is 1.27 bits per heavy atom. The normalized spacial score (nSPS) is 16.2. The summed E-state index contributed by atoms with van der Waals surface area (Å²) in [7, 11) is 0.